The number of benzene rings is 3. The topological polar surface area (TPSA) is 90.9 Å². The summed E-state index contributed by atoms with van der Waals surface area (Å²) in [5.74, 6) is 0.574. The summed E-state index contributed by atoms with van der Waals surface area (Å²) in [7, 11) is -1.39. The molecule has 0 unspecified atom stereocenters. The lowest BCUT2D eigenvalue weighted by Gasteiger charge is -2.15. The SMILES string of the molecule is COC(=O)c1cc(S(=O)(=O)Nc2cc(Cl)ccc2Oc2ccc(OC)cc2)ccc1Cl. The summed E-state index contributed by atoms with van der Waals surface area (Å²) < 4.78 is 43.9. The van der Waals surface area contributed by atoms with E-state index in [0.29, 0.717) is 16.5 Å². The van der Waals surface area contributed by atoms with Gasteiger partial charge in [-0.05, 0) is 60.7 Å². The van der Waals surface area contributed by atoms with Crippen molar-refractivity contribution in [3.63, 3.8) is 0 Å². The number of ether oxygens (including phenoxy) is 3. The number of hydrogen-bond donors (Lipinski definition) is 1. The molecule has 3 aromatic rings. The van der Waals surface area contributed by atoms with Gasteiger partial charge in [-0.2, -0.15) is 0 Å². The van der Waals surface area contributed by atoms with E-state index in [2.05, 4.69) is 9.46 Å². The normalized spacial score (nSPS) is 11.0. The van der Waals surface area contributed by atoms with Crippen molar-refractivity contribution in [1.29, 1.82) is 0 Å². The van der Waals surface area contributed by atoms with Crippen molar-refractivity contribution in [2.75, 3.05) is 18.9 Å². The average molecular weight is 482 g/mol. The molecule has 31 heavy (non-hydrogen) atoms. The molecule has 0 atom stereocenters. The molecule has 0 bridgehead atoms. The number of halogens is 2. The first-order chi connectivity index (χ1) is 14.7. The number of nitrogens with one attached hydrogen (secondary N) is 1. The molecule has 0 spiro atoms. The third-order valence-corrected chi connectivity index (χ3v) is 6.05. The molecule has 0 saturated carbocycles. The Bertz CT molecular complexity index is 1210. The summed E-state index contributed by atoms with van der Waals surface area (Å²) in [5.41, 5.74) is 0.0331. The van der Waals surface area contributed by atoms with E-state index in [0.717, 1.165) is 6.07 Å². The number of carbonyl (C=O) groups is 1. The van der Waals surface area contributed by atoms with Crippen LogP contribution in [-0.2, 0) is 14.8 Å². The third kappa shape index (κ3) is 5.41. The molecule has 162 valence electrons. The van der Waals surface area contributed by atoms with E-state index >= 15 is 0 Å². The lowest BCUT2D eigenvalue weighted by Crippen LogP contribution is -2.15. The standard InChI is InChI=1S/C21H17Cl2NO6S/c1-28-14-4-6-15(7-5-14)30-20-10-3-13(22)11-19(20)24-31(26,27)16-8-9-18(23)17(12-16)21(25)29-2/h3-12,24H,1-2H3. The van der Waals surface area contributed by atoms with Crippen LogP contribution in [0.25, 0.3) is 0 Å². The molecule has 1 N–H and O–H groups in total. The van der Waals surface area contributed by atoms with Gasteiger partial charge in [0.05, 0.1) is 35.4 Å². The maximum Gasteiger partial charge on any atom is 0.339 e. The number of hydrogen-bond acceptors (Lipinski definition) is 6. The molecule has 0 aliphatic rings. The van der Waals surface area contributed by atoms with Gasteiger partial charge in [0.1, 0.15) is 11.5 Å². The first-order valence-electron chi connectivity index (χ1n) is 8.75. The van der Waals surface area contributed by atoms with Crippen LogP contribution in [0.4, 0.5) is 5.69 Å². The molecule has 0 aliphatic heterocycles. The zero-order valence-electron chi connectivity index (χ0n) is 16.4. The zero-order valence-corrected chi connectivity index (χ0v) is 18.7. The lowest BCUT2D eigenvalue weighted by atomic mass is 10.2. The number of rotatable bonds is 7. The van der Waals surface area contributed by atoms with Gasteiger partial charge in [-0.25, -0.2) is 13.2 Å². The zero-order chi connectivity index (χ0) is 22.6. The molecule has 0 radical (unpaired) electrons. The summed E-state index contributed by atoms with van der Waals surface area (Å²) in [4.78, 5) is 11.7. The van der Waals surface area contributed by atoms with Gasteiger partial charge < -0.3 is 14.2 Å². The van der Waals surface area contributed by atoms with Crippen molar-refractivity contribution >= 4 is 44.9 Å². The molecule has 3 rings (SSSR count). The van der Waals surface area contributed by atoms with Gasteiger partial charge in [0, 0.05) is 5.02 Å². The van der Waals surface area contributed by atoms with Crippen molar-refractivity contribution in [1.82, 2.24) is 0 Å². The lowest BCUT2D eigenvalue weighted by molar-refractivity contribution is 0.0600. The van der Waals surface area contributed by atoms with E-state index in [9.17, 15) is 13.2 Å². The van der Waals surface area contributed by atoms with E-state index in [1.54, 1.807) is 37.4 Å². The molecular formula is C21H17Cl2NO6S. The van der Waals surface area contributed by atoms with Crippen LogP contribution in [-0.4, -0.2) is 28.6 Å². The highest BCUT2D eigenvalue weighted by Gasteiger charge is 2.21. The fraction of sp³-hybridized carbons (Fsp3) is 0.0952. The molecule has 3 aromatic carbocycles. The number of sulfonamides is 1. The van der Waals surface area contributed by atoms with Gasteiger partial charge in [-0.1, -0.05) is 23.2 Å². The van der Waals surface area contributed by atoms with Crippen molar-refractivity contribution in [3.05, 3.63) is 76.3 Å². The number of methoxy groups -OCH3 is 2. The Morgan fingerprint density at radius 2 is 1.58 bits per heavy atom. The van der Waals surface area contributed by atoms with Crippen molar-refractivity contribution in [2.45, 2.75) is 4.90 Å². The van der Waals surface area contributed by atoms with Gasteiger partial charge in [0.25, 0.3) is 10.0 Å². The van der Waals surface area contributed by atoms with Crippen LogP contribution in [0.5, 0.6) is 17.2 Å². The second-order valence-corrected chi connectivity index (χ2v) is 8.68. The van der Waals surface area contributed by atoms with Crippen LogP contribution < -0.4 is 14.2 Å². The highest BCUT2D eigenvalue weighted by molar-refractivity contribution is 7.92. The highest BCUT2D eigenvalue weighted by Crippen LogP contribution is 2.34. The van der Waals surface area contributed by atoms with Crippen LogP contribution in [0, 0.1) is 0 Å². The highest BCUT2D eigenvalue weighted by atomic mass is 35.5. The largest absolute Gasteiger partial charge is 0.497 e. The molecular weight excluding hydrogens is 465 g/mol. The predicted molar refractivity (Wildman–Crippen MR) is 118 cm³/mol. The van der Waals surface area contributed by atoms with E-state index in [4.69, 9.17) is 32.7 Å². The fourth-order valence-electron chi connectivity index (χ4n) is 2.58. The Morgan fingerprint density at radius 1 is 0.903 bits per heavy atom. The maximum absolute atomic E-state index is 13.0. The van der Waals surface area contributed by atoms with Crippen LogP contribution in [0.3, 0.4) is 0 Å². The number of anilines is 1. The van der Waals surface area contributed by atoms with Crippen LogP contribution in [0.2, 0.25) is 10.0 Å². The molecule has 0 fully saturated rings. The molecule has 10 heteroatoms. The fourth-order valence-corrected chi connectivity index (χ4v) is 4.04. The third-order valence-electron chi connectivity index (χ3n) is 4.13. The summed E-state index contributed by atoms with van der Waals surface area (Å²) in [5, 5.41) is 0.364. The molecule has 7 nitrogen and oxygen atoms in total. The summed E-state index contributed by atoms with van der Waals surface area (Å²) >= 11 is 12.0. The Kier molecular flexibility index (Phi) is 6.94. The van der Waals surface area contributed by atoms with E-state index in [-0.39, 0.29) is 26.9 Å². The summed E-state index contributed by atoms with van der Waals surface area (Å²) in [6.07, 6.45) is 0. The molecule has 0 heterocycles. The molecule has 0 saturated heterocycles. The minimum atomic E-state index is -4.11. The van der Waals surface area contributed by atoms with Gasteiger partial charge in [-0.3, -0.25) is 4.72 Å². The second-order valence-electron chi connectivity index (χ2n) is 6.16. The Hall–Kier alpha value is -2.94. The van der Waals surface area contributed by atoms with Crippen LogP contribution in [0.15, 0.2) is 65.6 Å². The Morgan fingerprint density at radius 3 is 2.23 bits per heavy atom. The van der Waals surface area contributed by atoms with Crippen molar-refractivity contribution in [3.8, 4) is 17.2 Å². The Labute approximate surface area is 189 Å². The quantitative estimate of drug-likeness (QED) is 0.455. The predicted octanol–water partition coefficient (Wildman–Crippen LogP) is 5.38. The van der Waals surface area contributed by atoms with Crippen LogP contribution in [0.1, 0.15) is 10.4 Å². The molecule has 0 aliphatic carbocycles. The summed E-state index contributed by atoms with van der Waals surface area (Å²) in [6, 6.07) is 15.0. The summed E-state index contributed by atoms with van der Waals surface area (Å²) in [6.45, 7) is 0. The van der Waals surface area contributed by atoms with Crippen molar-refractivity contribution in [2.24, 2.45) is 0 Å². The van der Waals surface area contributed by atoms with Gasteiger partial charge in [-0.15, -0.1) is 0 Å². The van der Waals surface area contributed by atoms with Crippen molar-refractivity contribution < 1.29 is 27.4 Å². The van der Waals surface area contributed by atoms with E-state index in [1.165, 1.54) is 31.4 Å². The Balaban J connectivity index is 1.94. The minimum absolute atomic E-state index is 0.0667. The minimum Gasteiger partial charge on any atom is -0.497 e. The van der Waals surface area contributed by atoms with Gasteiger partial charge in [0.15, 0.2) is 5.75 Å². The molecule has 0 aromatic heterocycles. The maximum atomic E-state index is 13.0. The number of carbonyl (C=O) groups excluding carboxylic acids is 1. The first-order valence-corrected chi connectivity index (χ1v) is 11.0. The number of esters is 1. The van der Waals surface area contributed by atoms with Crippen LogP contribution >= 0.6 is 23.2 Å². The second kappa shape index (κ2) is 9.47. The monoisotopic (exact) mass is 481 g/mol. The van der Waals surface area contributed by atoms with E-state index < -0.39 is 16.0 Å². The average Bonchev–Trinajstić information content (AvgIpc) is 2.75. The van der Waals surface area contributed by atoms with Gasteiger partial charge in [0.2, 0.25) is 0 Å². The first kappa shape index (κ1) is 22.7. The molecule has 0 amide bonds. The van der Waals surface area contributed by atoms with Gasteiger partial charge >= 0.3 is 5.97 Å². The smallest absolute Gasteiger partial charge is 0.339 e. The van der Waals surface area contributed by atoms with E-state index in [1.807, 2.05) is 0 Å².